The van der Waals surface area contributed by atoms with Crippen LogP contribution in [0.25, 0.3) is 0 Å². The second kappa shape index (κ2) is 5.58. The molecular weight excluding hydrogens is 314 g/mol. The van der Waals surface area contributed by atoms with Crippen LogP contribution in [0.15, 0.2) is 60.8 Å². The molecule has 0 aromatic rings. The SMILES string of the molecule is NC1C=CC2C3CCC=CC3C3(C4C=CC=CC4C4C=CCCC43)C2C1. The zero-order valence-electron chi connectivity index (χ0n) is 15.6. The molecule has 10 unspecified atom stereocenters. The largest absolute Gasteiger partial charge is 0.324 e. The monoisotopic (exact) mass is 345 g/mol. The van der Waals surface area contributed by atoms with E-state index in [0.717, 1.165) is 35.5 Å². The first-order valence-electron chi connectivity index (χ1n) is 10.9. The lowest BCUT2D eigenvalue weighted by atomic mass is 9.55. The fraction of sp³-hybridized carbons (Fsp3) is 0.600. The van der Waals surface area contributed by atoms with Gasteiger partial charge < -0.3 is 5.73 Å². The molecular formula is C25H31N. The lowest BCUT2D eigenvalue weighted by Gasteiger charge is -2.49. The Kier molecular flexibility index (Phi) is 3.37. The summed E-state index contributed by atoms with van der Waals surface area (Å²) in [5, 5.41) is 0. The van der Waals surface area contributed by atoms with Crippen LogP contribution < -0.4 is 5.73 Å². The summed E-state index contributed by atoms with van der Waals surface area (Å²) in [6.45, 7) is 0. The Balaban J connectivity index is 1.58. The van der Waals surface area contributed by atoms with Gasteiger partial charge >= 0.3 is 0 Å². The van der Waals surface area contributed by atoms with E-state index in [4.69, 9.17) is 5.73 Å². The fourth-order valence-electron chi connectivity index (χ4n) is 8.55. The Labute approximate surface area is 157 Å². The standard InChI is InChI=1S/C25H31N/c26-16-13-14-20-19-9-3-6-12-23(19)25(24(20)15-16)21-10-4-1-7-17(21)18-8-2-5-11-22(18)25/h1-2,4,6-8,10,12-14,16-24H,3,5,9,11,15,26H2. The molecule has 2 N–H and O–H groups in total. The summed E-state index contributed by atoms with van der Waals surface area (Å²) in [6, 6.07) is 0.261. The summed E-state index contributed by atoms with van der Waals surface area (Å²) < 4.78 is 0. The van der Waals surface area contributed by atoms with E-state index in [2.05, 4.69) is 60.8 Å². The minimum atomic E-state index is 0.261. The van der Waals surface area contributed by atoms with Crippen LogP contribution in [0.3, 0.4) is 0 Å². The van der Waals surface area contributed by atoms with Crippen molar-refractivity contribution < 1.29 is 0 Å². The van der Waals surface area contributed by atoms with Gasteiger partial charge in [0.05, 0.1) is 0 Å². The minimum Gasteiger partial charge on any atom is -0.324 e. The van der Waals surface area contributed by atoms with Gasteiger partial charge in [0.1, 0.15) is 0 Å². The normalized spacial score (nSPS) is 55.7. The second-order valence-corrected chi connectivity index (χ2v) is 9.73. The molecule has 1 spiro atoms. The van der Waals surface area contributed by atoms with E-state index in [9.17, 15) is 0 Å². The third-order valence-electron chi connectivity index (χ3n) is 9.07. The number of nitrogens with two attached hydrogens (primary N) is 1. The third kappa shape index (κ3) is 1.81. The summed E-state index contributed by atoms with van der Waals surface area (Å²) in [5.74, 6) is 6.11. The highest BCUT2D eigenvalue weighted by molar-refractivity contribution is 5.34. The molecule has 1 heteroatoms. The smallest absolute Gasteiger partial charge is 0.0226 e. The van der Waals surface area contributed by atoms with Crippen LogP contribution in [0, 0.1) is 52.8 Å². The van der Waals surface area contributed by atoms with Crippen molar-refractivity contribution in [2.45, 2.75) is 38.1 Å². The van der Waals surface area contributed by atoms with Crippen LogP contribution in [-0.4, -0.2) is 6.04 Å². The molecule has 2 saturated carbocycles. The molecule has 0 aromatic heterocycles. The van der Waals surface area contributed by atoms with Crippen molar-refractivity contribution in [2.24, 2.45) is 58.5 Å². The molecule has 1 nitrogen and oxygen atoms in total. The van der Waals surface area contributed by atoms with Crippen molar-refractivity contribution in [3.63, 3.8) is 0 Å². The Morgan fingerprint density at radius 1 is 0.692 bits per heavy atom. The van der Waals surface area contributed by atoms with E-state index in [1.165, 1.54) is 32.1 Å². The first-order valence-corrected chi connectivity index (χ1v) is 10.9. The first kappa shape index (κ1) is 15.7. The van der Waals surface area contributed by atoms with Crippen LogP contribution in [0.2, 0.25) is 0 Å². The number of hydrogen-bond donors (Lipinski definition) is 1. The number of hydrogen-bond acceptors (Lipinski definition) is 1. The maximum absolute atomic E-state index is 6.52. The molecule has 2 fully saturated rings. The highest BCUT2D eigenvalue weighted by Gasteiger charge is 2.70. The van der Waals surface area contributed by atoms with Crippen LogP contribution in [0.4, 0.5) is 0 Å². The second-order valence-electron chi connectivity index (χ2n) is 9.73. The van der Waals surface area contributed by atoms with Crippen molar-refractivity contribution in [3.8, 4) is 0 Å². The molecule has 26 heavy (non-hydrogen) atoms. The molecule has 0 saturated heterocycles. The van der Waals surface area contributed by atoms with E-state index in [0.29, 0.717) is 17.3 Å². The van der Waals surface area contributed by atoms with Gasteiger partial charge in [-0.1, -0.05) is 60.8 Å². The Morgan fingerprint density at radius 2 is 1.54 bits per heavy atom. The molecule has 6 aliphatic rings. The van der Waals surface area contributed by atoms with Gasteiger partial charge in [0.15, 0.2) is 0 Å². The third-order valence-corrected chi connectivity index (χ3v) is 9.07. The first-order chi connectivity index (χ1) is 12.8. The van der Waals surface area contributed by atoms with Crippen LogP contribution >= 0.6 is 0 Å². The number of fused-ring (bicyclic) bond motifs is 10. The predicted octanol–water partition coefficient (Wildman–Crippen LogP) is 5.04. The number of allylic oxidation sites excluding steroid dienone is 9. The van der Waals surface area contributed by atoms with Gasteiger partial charge in [0, 0.05) is 6.04 Å². The van der Waals surface area contributed by atoms with Crippen molar-refractivity contribution in [1.82, 2.24) is 0 Å². The molecule has 0 aromatic carbocycles. The quantitative estimate of drug-likeness (QED) is 0.611. The van der Waals surface area contributed by atoms with Crippen molar-refractivity contribution >= 4 is 0 Å². The van der Waals surface area contributed by atoms with Crippen molar-refractivity contribution in [2.75, 3.05) is 0 Å². The topological polar surface area (TPSA) is 26.0 Å². The molecule has 136 valence electrons. The van der Waals surface area contributed by atoms with Gasteiger partial charge in [-0.25, -0.2) is 0 Å². The van der Waals surface area contributed by atoms with Gasteiger partial charge in [-0.15, -0.1) is 0 Å². The maximum Gasteiger partial charge on any atom is 0.0226 e. The van der Waals surface area contributed by atoms with Gasteiger partial charge in [-0.05, 0) is 84.9 Å². The zero-order valence-corrected chi connectivity index (χ0v) is 15.6. The lowest BCUT2D eigenvalue weighted by molar-refractivity contribution is 0.0278. The Morgan fingerprint density at radius 3 is 2.50 bits per heavy atom. The van der Waals surface area contributed by atoms with Crippen LogP contribution in [0.5, 0.6) is 0 Å². The van der Waals surface area contributed by atoms with Gasteiger partial charge in [0.25, 0.3) is 0 Å². The molecule has 0 heterocycles. The molecule has 0 amide bonds. The van der Waals surface area contributed by atoms with E-state index in [1.54, 1.807) is 0 Å². The van der Waals surface area contributed by atoms with Crippen LogP contribution in [-0.2, 0) is 0 Å². The van der Waals surface area contributed by atoms with E-state index in [1.807, 2.05) is 0 Å². The van der Waals surface area contributed by atoms with Gasteiger partial charge in [-0.3, -0.25) is 0 Å². The Hall–Kier alpha value is -1.34. The molecule has 0 bridgehead atoms. The van der Waals surface area contributed by atoms with Gasteiger partial charge in [-0.2, -0.15) is 0 Å². The molecule has 6 rings (SSSR count). The van der Waals surface area contributed by atoms with Gasteiger partial charge in [0.2, 0.25) is 0 Å². The van der Waals surface area contributed by atoms with Crippen LogP contribution in [0.1, 0.15) is 32.1 Å². The maximum atomic E-state index is 6.52. The predicted molar refractivity (Wildman–Crippen MR) is 107 cm³/mol. The molecule has 10 atom stereocenters. The highest BCUT2D eigenvalue weighted by Crippen LogP contribution is 2.74. The average molecular weight is 346 g/mol. The van der Waals surface area contributed by atoms with E-state index in [-0.39, 0.29) is 6.04 Å². The Bertz CT molecular complexity index is 735. The van der Waals surface area contributed by atoms with Crippen molar-refractivity contribution in [1.29, 1.82) is 0 Å². The molecule has 6 aliphatic carbocycles. The van der Waals surface area contributed by atoms with E-state index >= 15 is 0 Å². The van der Waals surface area contributed by atoms with E-state index < -0.39 is 0 Å². The molecule has 0 radical (unpaired) electrons. The summed E-state index contributed by atoms with van der Waals surface area (Å²) in [6.07, 6.45) is 31.4. The highest BCUT2D eigenvalue weighted by atomic mass is 14.8. The number of rotatable bonds is 0. The summed E-state index contributed by atoms with van der Waals surface area (Å²) >= 11 is 0. The average Bonchev–Trinajstić information content (AvgIpc) is 3.15. The minimum absolute atomic E-state index is 0.261. The summed E-state index contributed by atoms with van der Waals surface area (Å²) in [5.41, 5.74) is 6.94. The fourth-order valence-corrected chi connectivity index (χ4v) is 8.55. The summed E-state index contributed by atoms with van der Waals surface area (Å²) in [4.78, 5) is 0. The lowest BCUT2D eigenvalue weighted by Crippen LogP contribution is -2.46. The summed E-state index contributed by atoms with van der Waals surface area (Å²) in [7, 11) is 0. The van der Waals surface area contributed by atoms with Crippen molar-refractivity contribution in [3.05, 3.63) is 60.8 Å². The molecule has 0 aliphatic heterocycles. The zero-order chi connectivity index (χ0) is 17.3.